The van der Waals surface area contributed by atoms with Gasteiger partial charge >= 0.3 is 0 Å². The molecule has 3 aromatic rings. The van der Waals surface area contributed by atoms with Crippen molar-refractivity contribution in [1.29, 1.82) is 0 Å². The van der Waals surface area contributed by atoms with Crippen LogP contribution in [0.25, 0.3) is 10.9 Å². The Kier molecular flexibility index (Phi) is 5.55. The van der Waals surface area contributed by atoms with Gasteiger partial charge in [-0.15, -0.1) is 11.8 Å². The number of nitrogens with one attached hydrogen (secondary N) is 1. The summed E-state index contributed by atoms with van der Waals surface area (Å²) in [6.45, 7) is 0. The minimum Gasteiger partial charge on any atom is -0.272 e. The van der Waals surface area contributed by atoms with E-state index in [0.717, 1.165) is 15.8 Å². The van der Waals surface area contributed by atoms with Crippen LogP contribution in [0.4, 0.5) is 5.69 Å². The van der Waals surface area contributed by atoms with Gasteiger partial charge in [-0.25, -0.2) is 5.43 Å². The molecule has 1 aromatic heterocycles. The maximum absolute atomic E-state index is 11.9. The number of nitro benzene ring substituents is 1. The van der Waals surface area contributed by atoms with Crippen molar-refractivity contribution in [2.24, 2.45) is 5.10 Å². The molecule has 0 unspecified atom stereocenters. The Labute approximate surface area is 153 Å². The van der Waals surface area contributed by atoms with E-state index in [1.165, 1.54) is 30.1 Å². The molecule has 0 aliphatic heterocycles. The molecule has 1 amide bonds. The molecule has 0 aliphatic rings. The van der Waals surface area contributed by atoms with Crippen LogP contribution in [-0.2, 0) is 4.79 Å². The van der Waals surface area contributed by atoms with Gasteiger partial charge in [0.15, 0.2) is 0 Å². The Hall–Kier alpha value is -3.26. The normalized spacial score (nSPS) is 10.9. The molecule has 0 fully saturated rings. The number of fused-ring (bicyclic) bond motifs is 1. The van der Waals surface area contributed by atoms with Gasteiger partial charge in [-0.1, -0.05) is 30.3 Å². The highest BCUT2D eigenvalue weighted by molar-refractivity contribution is 8.00. The van der Waals surface area contributed by atoms with Crippen LogP contribution in [0.5, 0.6) is 0 Å². The minimum absolute atomic E-state index is 0.0284. The summed E-state index contributed by atoms with van der Waals surface area (Å²) in [6, 6.07) is 15.6. The number of aromatic nitrogens is 1. The lowest BCUT2D eigenvalue weighted by atomic mass is 10.2. The van der Waals surface area contributed by atoms with Crippen molar-refractivity contribution in [3.63, 3.8) is 0 Å². The first-order valence-electron chi connectivity index (χ1n) is 7.66. The molecule has 3 rings (SSSR count). The second-order valence-corrected chi connectivity index (χ2v) is 6.28. The quantitative estimate of drug-likeness (QED) is 0.312. The molecule has 0 aliphatic carbocycles. The zero-order valence-electron chi connectivity index (χ0n) is 13.5. The zero-order chi connectivity index (χ0) is 18.4. The fraction of sp³-hybridized carbons (Fsp3) is 0.0556. The van der Waals surface area contributed by atoms with E-state index in [1.807, 2.05) is 30.3 Å². The second-order valence-electron chi connectivity index (χ2n) is 5.27. The molecular weight excluding hydrogens is 352 g/mol. The van der Waals surface area contributed by atoms with Crippen LogP contribution in [0.15, 0.2) is 70.8 Å². The molecule has 130 valence electrons. The Bertz CT molecular complexity index is 986. The lowest BCUT2D eigenvalue weighted by molar-refractivity contribution is -0.384. The van der Waals surface area contributed by atoms with Crippen molar-refractivity contribution in [3.05, 3.63) is 76.5 Å². The summed E-state index contributed by atoms with van der Waals surface area (Å²) in [5, 5.41) is 15.6. The monoisotopic (exact) mass is 366 g/mol. The van der Waals surface area contributed by atoms with Gasteiger partial charge in [0.1, 0.15) is 0 Å². The van der Waals surface area contributed by atoms with E-state index < -0.39 is 4.92 Å². The van der Waals surface area contributed by atoms with Gasteiger partial charge in [0.2, 0.25) is 5.91 Å². The molecule has 0 radical (unpaired) electrons. The topological polar surface area (TPSA) is 97.5 Å². The molecule has 0 saturated heterocycles. The van der Waals surface area contributed by atoms with Crippen molar-refractivity contribution in [1.82, 2.24) is 10.4 Å². The Morgan fingerprint density at radius 2 is 2.04 bits per heavy atom. The van der Waals surface area contributed by atoms with E-state index in [2.05, 4.69) is 15.5 Å². The molecule has 0 spiro atoms. The van der Waals surface area contributed by atoms with Crippen molar-refractivity contribution < 1.29 is 9.72 Å². The third-order valence-corrected chi connectivity index (χ3v) is 4.49. The lowest BCUT2D eigenvalue weighted by Gasteiger charge is -2.04. The fourth-order valence-corrected chi connectivity index (χ4v) is 3.10. The van der Waals surface area contributed by atoms with E-state index in [4.69, 9.17) is 0 Å². The number of rotatable bonds is 6. The maximum atomic E-state index is 11.9. The molecule has 0 atom stereocenters. The average molecular weight is 366 g/mol. The Balaban J connectivity index is 1.57. The number of nitro groups is 1. The maximum Gasteiger partial charge on any atom is 0.270 e. The van der Waals surface area contributed by atoms with Gasteiger partial charge in [-0.05, 0) is 12.1 Å². The number of non-ortho nitro benzene ring substituents is 1. The summed E-state index contributed by atoms with van der Waals surface area (Å²) >= 11 is 1.37. The van der Waals surface area contributed by atoms with E-state index in [9.17, 15) is 14.9 Å². The van der Waals surface area contributed by atoms with Gasteiger partial charge in [0.25, 0.3) is 5.69 Å². The molecule has 1 heterocycles. The number of nitrogens with zero attached hydrogens (tertiary/aromatic N) is 3. The molecule has 0 bridgehead atoms. The minimum atomic E-state index is -0.481. The number of thioether (sulfide) groups is 1. The summed E-state index contributed by atoms with van der Waals surface area (Å²) in [7, 11) is 0. The number of benzene rings is 2. The number of amides is 1. The van der Waals surface area contributed by atoms with Crippen molar-refractivity contribution in [2.75, 3.05) is 5.75 Å². The predicted molar refractivity (Wildman–Crippen MR) is 101 cm³/mol. The highest BCUT2D eigenvalue weighted by atomic mass is 32.2. The number of hydrogen-bond donors (Lipinski definition) is 1. The summed E-state index contributed by atoms with van der Waals surface area (Å²) in [5.41, 5.74) is 3.78. The molecule has 7 nitrogen and oxygen atoms in total. The van der Waals surface area contributed by atoms with E-state index in [-0.39, 0.29) is 17.3 Å². The largest absolute Gasteiger partial charge is 0.272 e. The van der Waals surface area contributed by atoms with Crippen molar-refractivity contribution in [3.8, 4) is 0 Å². The highest BCUT2D eigenvalue weighted by Crippen LogP contribution is 2.25. The van der Waals surface area contributed by atoms with Gasteiger partial charge in [-0.2, -0.15) is 5.10 Å². The fourth-order valence-electron chi connectivity index (χ4n) is 2.27. The van der Waals surface area contributed by atoms with Crippen LogP contribution in [-0.4, -0.2) is 27.8 Å². The number of hydrogen-bond acceptors (Lipinski definition) is 6. The van der Waals surface area contributed by atoms with Crippen LogP contribution >= 0.6 is 11.8 Å². The van der Waals surface area contributed by atoms with E-state index >= 15 is 0 Å². The molecule has 1 N–H and O–H groups in total. The van der Waals surface area contributed by atoms with Gasteiger partial charge in [-0.3, -0.25) is 19.9 Å². The Morgan fingerprint density at radius 3 is 2.88 bits per heavy atom. The molecule has 26 heavy (non-hydrogen) atoms. The summed E-state index contributed by atoms with van der Waals surface area (Å²) < 4.78 is 0. The van der Waals surface area contributed by atoms with Gasteiger partial charge in [0.05, 0.1) is 22.4 Å². The van der Waals surface area contributed by atoms with Crippen LogP contribution in [0.1, 0.15) is 5.56 Å². The molecule has 0 saturated carbocycles. The average Bonchev–Trinajstić information content (AvgIpc) is 2.66. The third-order valence-electron chi connectivity index (χ3n) is 3.44. The second kappa shape index (κ2) is 8.21. The lowest BCUT2D eigenvalue weighted by Crippen LogP contribution is -2.19. The Morgan fingerprint density at radius 1 is 1.23 bits per heavy atom. The SMILES string of the molecule is O=C(CSc1cccc2cccnc12)N/N=C\c1cccc([N+](=O)[O-])c1. The smallest absolute Gasteiger partial charge is 0.270 e. The van der Waals surface area contributed by atoms with Crippen LogP contribution in [0, 0.1) is 10.1 Å². The van der Waals surface area contributed by atoms with E-state index in [0.29, 0.717) is 5.56 Å². The number of carbonyl (C=O) groups excluding carboxylic acids is 1. The number of carbonyl (C=O) groups is 1. The molecular formula is C18H14N4O3S. The molecule has 2 aromatic carbocycles. The summed E-state index contributed by atoms with van der Waals surface area (Å²) in [4.78, 5) is 27.5. The van der Waals surface area contributed by atoms with Crippen LogP contribution in [0.2, 0.25) is 0 Å². The van der Waals surface area contributed by atoms with E-state index in [1.54, 1.807) is 18.3 Å². The third kappa shape index (κ3) is 4.42. The number of para-hydroxylation sites is 1. The number of pyridine rings is 1. The zero-order valence-corrected chi connectivity index (χ0v) is 14.3. The first-order valence-corrected chi connectivity index (χ1v) is 8.65. The van der Waals surface area contributed by atoms with Crippen molar-refractivity contribution >= 4 is 40.5 Å². The van der Waals surface area contributed by atoms with Gasteiger partial charge in [0, 0.05) is 34.2 Å². The first kappa shape index (κ1) is 17.6. The first-order chi connectivity index (χ1) is 12.6. The van der Waals surface area contributed by atoms with Gasteiger partial charge < -0.3 is 0 Å². The summed E-state index contributed by atoms with van der Waals surface area (Å²) in [5.74, 6) is -0.0910. The molecule has 8 heteroatoms. The van der Waals surface area contributed by atoms with Crippen molar-refractivity contribution in [2.45, 2.75) is 4.90 Å². The van der Waals surface area contributed by atoms with Crippen LogP contribution < -0.4 is 5.43 Å². The summed E-state index contributed by atoms with van der Waals surface area (Å²) in [6.07, 6.45) is 3.09. The standard InChI is InChI=1S/C18H14N4O3S/c23-17(21-20-11-13-4-1-7-15(10-13)22(24)25)12-26-16-8-2-5-14-6-3-9-19-18(14)16/h1-11H,12H2,(H,21,23)/b20-11-. The highest BCUT2D eigenvalue weighted by Gasteiger charge is 2.07. The number of hydrazone groups is 1. The van der Waals surface area contributed by atoms with Crippen LogP contribution in [0.3, 0.4) is 0 Å². The predicted octanol–water partition coefficient (Wildman–Crippen LogP) is 3.39.